The molecule has 4 N–H and O–H groups in total. The molecule has 2 aliphatic rings. The van der Waals surface area contributed by atoms with Crippen LogP contribution >= 0.6 is 37.2 Å². The summed E-state index contributed by atoms with van der Waals surface area (Å²) < 4.78 is 11.3. The molecule has 1 aliphatic carbocycles. The molecule has 0 saturated heterocycles. The van der Waals surface area contributed by atoms with Gasteiger partial charge in [0.1, 0.15) is 5.82 Å². The summed E-state index contributed by atoms with van der Waals surface area (Å²) >= 11 is 0. The molecule has 0 radical (unpaired) electrons. The number of nitrogens with zero attached hydrogens (tertiary/aromatic N) is 3. The third-order valence-corrected chi connectivity index (χ3v) is 6.40. The summed E-state index contributed by atoms with van der Waals surface area (Å²) in [5.41, 5.74) is 20.3. The fourth-order valence-electron chi connectivity index (χ4n) is 4.92. The van der Waals surface area contributed by atoms with Crippen molar-refractivity contribution in [2.24, 2.45) is 0 Å². The first-order chi connectivity index (χ1) is 15.1. The van der Waals surface area contributed by atoms with Gasteiger partial charge in [-0.25, -0.2) is 4.98 Å². The lowest BCUT2D eigenvalue weighted by molar-refractivity contribution is 0.352. The Hall–Kier alpha value is -2.61. The highest BCUT2D eigenvalue weighted by atomic mass is 35.5. The number of aromatic nitrogens is 2. The van der Waals surface area contributed by atoms with E-state index in [1.54, 1.807) is 20.4 Å². The van der Waals surface area contributed by atoms with Crippen LogP contribution in [0.4, 0.5) is 17.5 Å². The summed E-state index contributed by atoms with van der Waals surface area (Å²) in [5, 5.41) is 0. The summed E-state index contributed by atoms with van der Waals surface area (Å²) in [6.45, 7) is 1.61. The Kier molecular flexibility index (Phi) is 9.11. The van der Waals surface area contributed by atoms with Crippen molar-refractivity contribution in [3.8, 4) is 22.6 Å². The van der Waals surface area contributed by atoms with E-state index < -0.39 is 0 Å². The number of methoxy groups -OCH3 is 2. The summed E-state index contributed by atoms with van der Waals surface area (Å²) in [4.78, 5) is 10.5. The third kappa shape index (κ3) is 4.78. The van der Waals surface area contributed by atoms with Crippen LogP contribution in [-0.2, 0) is 25.8 Å². The number of hydrogen-bond acceptors (Lipinski definition) is 7. The highest BCUT2D eigenvalue weighted by molar-refractivity contribution is 5.86. The molecule has 0 atom stereocenters. The Labute approximate surface area is 218 Å². The molecular weight excluding hydrogens is 497 g/mol. The number of nitrogen functional groups attached to an aromatic ring is 2. The molecule has 5 rings (SSSR count). The molecule has 0 unspecified atom stereocenters. The van der Waals surface area contributed by atoms with Gasteiger partial charge in [-0.1, -0.05) is 6.07 Å². The number of nitrogens with two attached hydrogens (primary N) is 2. The van der Waals surface area contributed by atoms with E-state index >= 15 is 0 Å². The Bertz CT molecular complexity index is 1180. The van der Waals surface area contributed by atoms with Gasteiger partial charge in [0.05, 0.1) is 14.2 Å². The van der Waals surface area contributed by atoms with Gasteiger partial charge in [0.15, 0.2) is 11.5 Å². The number of ether oxygens (including phenoxy) is 2. The van der Waals surface area contributed by atoms with Crippen molar-refractivity contribution in [1.82, 2.24) is 9.97 Å². The predicted octanol–water partition coefficient (Wildman–Crippen LogP) is 4.64. The second-order valence-corrected chi connectivity index (χ2v) is 8.12. The molecule has 0 spiro atoms. The SMILES string of the molecule is COc1cc(-c2ccc3c(c2)CCN3Cc2cnc(N)nc2N)c2c(c1OC)CCC2.Cl.Cl.Cl. The van der Waals surface area contributed by atoms with Crippen LogP contribution in [0.15, 0.2) is 30.5 Å². The summed E-state index contributed by atoms with van der Waals surface area (Å²) in [6.07, 6.45) is 5.97. The van der Waals surface area contributed by atoms with E-state index in [9.17, 15) is 0 Å². The van der Waals surface area contributed by atoms with E-state index in [2.05, 4.69) is 39.1 Å². The maximum atomic E-state index is 6.04. The van der Waals surface area contributed by atoms with Gasteiger partial charge in [0.25, 0.3) is 0 Å². The van der Waals surface area contributed by atoms with E-state index in [0.29, 0.717) is 12.4 Å². The van der Waals surface area contributed by atoms with Gasteiger partial charge < -0.3 is 25.8 Å². The van der Waals surface area contributed by atoms with Crippen LogP contribution in [0.1, 0.15) is 28.7 Å². The Balaban J connectivity index is 0.00000136. The Morgan fingerprint density at radius 3 is 2.44 bits per heavy atom. The lowest BCUT2D eigenvalue weighted by atomic mass is 9.94. The lowest BCUT2D eigenvalue weighted by Gasteiger charge is -2.21. The fraction of sp³-hybridized carbons (Fsp3) is 0.333. The van der Waals surface area contributed by atoms with E-state index in [1.807, 2.05) is 0 Å². The quantitative estimate of drug-likeness (QED) is 0.499. The zero-order chi connectivity index (χ0) is 21.5. The molecule has 3 aromatic rings. The van der Waals surface area contributed by atoms with E-state index in [1.165, 1.54) is 33.5 Å². The van der Waals surface area contributed by atoms with Gasteiger partial charge in [-0.2, -0.15) is 4.98 Å². The number of fused-ring (bicyclic) bond motifs is 2. The Morgan fingerprint density at radius 1 is 0.971 bits per heavy atom. The first kappa shape index (κ1) is 27.6. The zero-order valence-electron chi connectivity index (χ0n) is 19.2. The summed E-state index contributed by atoms with van der Waals surface area (Å²) in [6, 6.07) is 8.87. The maximum Gasteiger partial charge on any atom is 0.221 e. The van der Waals surface area contributed by atoms with E-state index in [4.69, 9.17) is 20.9 Å². The van der Waals surface area contributed by atoms with Crippen LogP contribution < -0.4 is 25.8 Å². The largest absolute Gasteiger partial charge is 0.493 e. The highest BCUT2D eigenvalue weighted by Crippen LogP contribution is 2.45. The number of anilines is 3. The molecule has 34 heavy (non-hydrogen) atoms. The number of rotatable bonds is 5. The van der Waals surface area contributed by atoms with Crippen molar-refractivity contribution in [3.05, 3.63) is 52.7 Å². The average Bonchev–Trinajstić information content (AvgIpc) is 3.41. The molecule has 0 bridgehead atoms. The third-order valence-electron chi connectivity index (χ3n) is 6.40. The molecule has 0 fully saturated rings. The topological polar surface area (TPSA) is 99.5 Å². The molecular formula is C24H30Cl3N5O2. The van der Waals surface area contributed by atoms with Crippen molar-refractivity contribution >= 4 is 54.7 Å². The van der Waals surface area contributed by atoms with Gasteiger partial charge in [0.2, 0.25) is 5.95 Å². The number of hydrogen-bond donors (Lipinski definition) is 2. The second-order valence-electron chi connectivity index (χ2n) is 8.12. The van der Waals surface area contributed by atoms with Gasteiger partial charge in [0, 0.05) is 36.1 Å². The minimum Gasteiger partial charge on any atom is -0.493 e. The molecule has 0 saturated carbocycles. The van der Waals surface area contributed by atoms with Crippen LogP contribution in [0.25, 0.3) is 11.1 Å². The number of benzene rings is 2. The first-order valence-corrected chi connectivity index (χ1v) is 10.6. The van der Waals surface area contributed by atoms with Crippen molar-refractivity contribution in [2.45, 2.75) is 32.2 Å². The van der Waals surface area contributed by atoms with Crippen LogP contribution in [0.5, 0.6) is 11.5 Å². The lowest BCUT2D eigenvalue weighted by Crippen LogP contribution is -2.21. The smallest absolute Gasteiger partial charge is 0.221 e. The minimum absolute atomic E-state index is 0. The molecule has 1 aliphatic heterocycles. The van der Waals surface area contributed by atoms with E-state index in [0.717, 1.165) is 49.3 Å². The predicted molar refractivity (Wildman–Crippen MR) is 144 cm³/mol. The second kappa shape index (κ2) is 11.2. The van der Waals surface area contributed by atoms with Gasteiger partial charge in [-0.05, 0) is 66.1 Å². The monoisotopic (exact) mass is 525 g/mol. The van der Waals surface area contributed by atoms with E-state index in [-0.39, 0.29) is 43.2 Å². The molecule has 1 aromatic heterocycles. The van der Waals surface area contributed by atoms with Gasteiger partial charge >= 0.3 is 0 Å². The first-order valence-electron chi connectivity index (χ1n) is 10.6. The van der Waals surface area contributed by atoms with Crippen molar-refractivity contribution < 1.29 is 9.47 Å². The average molecular weight is 527 g/mol. The molecule has 0 amide bonds. The highest BCUT2D eigenvalue weighted by Gasteiger charge is 2.26. The van der Waals surface area contributed by atoms with Crippen molar-refractivity contribution in [1.29, 1.82) is 0 Å². The molecule has 2 heterocycles. The fourth-order valence-corrected chi connectivity index (χ4v) is 4.92. The zero-order valence-corrected chi connectivity index (χ0v) is 21.6. The van der Waals surface area contributed by atoms with Crippen LogP contribution in [0, 0.1) is 0 Å². The Morgan fingerprint density at radius 2 is 1.74 bits per heavy atom. The van der Waals surface area contributed by atoms with Crippen molar-refractivity contribution in [3.63, 3.8) is 0 Å². The number of halogens is 3. The van der Waals surface area contributed by atoms with Crippen molar-refractivity contribution in [2.75, 3.05) is 37.1 Å². The summed E-state index contributed by atoms with van der Waals surface area (Å²) in [5.74, 6) is 2.34. The van der Waals surface area contributed by atoms with Gasteiger partial charge in [-0.3, -0.25) is 0 Å². The van der Waals surface area contributed by atoms with Gasteiger partial charge in [-0.15, -0.1) is 37.2 Å². The van der Waals surface area contributed by atoms with Crippen LogP contribution in [-0.4, -0.2) is 30.7 Å². The van der Waals surface area contributed by atoms with Crippen LogP contribution in [0.3, 0.4) is 0 Å². The maximum absolute atomic E-state index is 6.04. The van der Waals surface area contributed by atoms with Crippen LogP contribution in [0.2, 0.25) is 0 Å². The summed E-state index contributed by atoms with van der Waals surface area (Å²) in [7, 11) is 3.43. The molecule has 184 valence electrons. The minimum atomic E-state index is 0. The standard InChI is InChI=1S/C24H27N5O2.3ClH/c1-30-21-11-19(17-4-3-5-18(17)22(21)31-2)14-6-7-20-15(10-14)8-9-29(20)13-16-12-27-24(26)28-23(16)25;;;/h6-7,10-12H,3-5,8-9,13H2,1-2H3,(H4,25,26,27,28);3*1H. The molecule has 7 nitrogen and oxygen atoms in total. The normalized spacial score (nSPS) is 13.2. The molecule has 2 aromatic carbocycles. The molecule has 10 heteroatoms.